The molecule has 0 N–H and O–H groups in total. The maximum absolute atomic E-state index is 13.6. The maximum atomic E-state index is 13.6. The smallest absolute Gasteiger partial charge is 0.263 e. The summed E-state index contributed by atoms with van der Waals surface area (Å²) in [5.74, 6) is -0.759. The summed E-state index contributed by atoms with van der Waals surface area (Å²) in [4.78, 5) is 0. The molecule has 122 valence electrons. The lowest BCUT2D eigenvalue weighted by atomic mass is 10.0. The van der Waals surface area contributed by atoms with E-state index < -0.39 is 22.5 Å². The van der Waals surface area contributed by atoms with Crippen molar-refractivity contribution in [2.75, 3.05) is 7.11 Å². The molecular weight excluding hydrogens is 348 g/mol. The topological polar surface area (TPSA) is 9.23 Å². The molecule has 0 saturated heterocycles. The van der Waals surface area contributed by atoms with Gasteiger partial charge in [0.2, 0.25) is 0 Å². The van der Waals surface area contributed by atoms with Gasteiger partial charge in [-0.15, -0.1) is 23.2 Å². The van der Waals surface area contributed by atoms with Crippen molar-refractivity contribution in [3.05, 3.63) is 65.0 Å². The summed E-state index contributed by atoms with van der Waals surface area (Å²) in [7, 11) is 1.56. The van der Waals surface area contributed by atoms with Gasteiger partial charge in [-0.1, -0.05) is 12.1 Å². The van der Waals surface area contributed by atoms with Crippen molar-refractivity contribution in [3.8, 4) is 5.75 Å². The third kappa shape index (κ3) is 3.02. The van der Waals surface area contributed by atoms with Crippen LogP contribution in [0.5, 0.6) is 5.75 Å². The van der Waals surface area contributed by atoms with E-state index in [1.54, 1.807) is 19.2 Å². The Morgan fingerprint density at radius 3 is 2.17 bits per heavy atom. The number of hydrogen-bond donors (Lipinski definition) is 0. The van der Waals surface area contributed by atoms with Crippen LogP contribution in [0.3, 0.4) is 0 Å². The van der Waals surface area contributed by atoms with Gasteiger partial charge < -0.3 is 4.74 Å². The first-order valence-electron chi connectivity index (χ1n) is 6.95. The van der Waals surface area contributed by atoms with Gasteiger partial charge in [-0.3, -0.25) is 0 Å². The highest BCUT2D eigenvalue weighted by Gasteiger charge is 2.64. The van der Waals surface area contributed by atoms with Crippen LogP contribution < -0.4 is 4.74 Å². The Kier molecular flexibility index (Phi) is 4.23. The summed E-state index contributed by atoms with van der Waals surface area (Å²) in [6.07, 6.45) is -2.75. The van der Waals surface area contributed by atoms with Crippen LogP contribution >= 0.6 is 23.2 Å². The van der Waals surface area contributed by atoms with Crippen molar-refractivity contribution < 1.29 is 17.9 Å². The summed E-state index contributed by atoms with van der Waals surface area (Å²) < 4.78 is 43.3. The number of methoxy groups -OCH3 is 1. The minimum absolute atomic E-state index is 0.288. The van der Waals surface area contributed by atoms with E-state index in [4.69, 9.17) is 27.9 Å². The lowest BCUT2D eigenvalue weighted by Gasteiger charge is -2.06. The summed E-state index contributed by atoms with van der Waals surface area (Å²) in [6.45, 7) is 0. The highest BCUT2D eigenvalue weighted by Crippen LogP contribution is 2.70. The van der Waals surface area contributed by atoms with Crippen LogP contribution in [0.4, 0.5) is 13.2 Å². The number of halogens is 5. The van der Waals surface area contributed by atoms with Gasteiger partial charge in [-0.05, 0) is 41.5 Å². The fourth-order valence-electron chi connectivity index (χ4n) is 2.91. The summed E-state index contributed by atoms with van der Waals surface area (Å²) in [5.41, 5.74) is 0.860. The molecule has 1 fully saturated rings. The highest BCUT2D eigenvalue weighted by atomic mass is 35.5. The minimum atomic E-state index is -2.75. The van der Waals surface area contributed by atoms with Crippen molar-refractivity contribution >= 4 is 23.2 Å². The van der Waals surface area contributed by atoms with Gasteiger partial charge in [-0.2, -0.15) is 0 Å². The summed E-state index contributed by atoms with van der Waals surface area (Å²) in [5, 5.41) is 0. The molecule has 2 atom stereocenters. The van der Waals surface area contributed by atoms with E-state index >= 15 is 0 Å². The summed E-state index contributed by atoms with van der Waals surface area (Å²) in [6, 6.07) is 10.5. The van der Waals surface area contributed by atoms with Crippen LogP contribution in [0.2, 0.25) is 0 Å². The first-order chi connectivity index (χ1) is 10.8. The highest BCUT2D eigenvalue weighted by molar-refractivity contribution is 6.52. The molecule has 1 nitrogen and oxygen atoms in total. The van der Waals surface area contributed by atoms with Gasteiger partial charge in [-0.25, -0.2) is 13.2 Å². The Hall–Kier alpha value is -1.39. The normalized spacial score (nSPS) is 22.2. The Morgan fingerprint density at radius 1 is 1.00 bits per heavy atom. The molecule has 0 amide bonds. The molecule has 2 aromatic carbocycles. The van der Waals surface area contributed by atoms with Crippen molar-refractivity contribution in [3.63, 3.8) is 0 Å². The zero-order valence-electron chi connectivity index (χ0n) is 12.1. The Balaban J connectivity index is 1.94. The molecule has 3 rings (SSSR count). The quantitative estimate of drug-likeness (QED) is 0.623. The lowest BCUT2D eigenvalue weighted by molar-refractivity contribution is 0.151. The SMILES string of the molecule is COc1ccc([C@@H]2[C@@H](c3cc(F)cc(C(F)F)c3)C2(Cl)Cl)cc1. The van der Waals surface area contributed by atoms with Gasteiger partial charge in [0.1, 0.15) is 15.9 Å². The predicted octanol–water partition coefficient (Wildman–Crippen LogP) is 5.83. The van der Waals surface area contributed by atoms with E-state index in [2.05, 4.69) is 0 Å². The van der Waals surface area contributed by atoms with Crippen molar-refractivity contribution in [2.24, 2.45) is 0 Å². The molecule has 0 aromatic heterocycles. The van der Waals surface area contributed by atoms with Crippen LogP contribution in [-0.2, 0) is 0 Å². The van der Waals surface area contributed by atoms with Crippen LogP contribution in [0.15, 0.2) is 42.5 Å². The first kappa shape index (κ1) is 16.5. The van der Waals surface area contributed by atoms with E-state index in [0.29, 0.717) is 11.3 Å². The van der Waals surface area contributed by atoms with E-state index in [1.807, 2.05) is 12.1 Å². The van der Waals surface area contributed by atoms with Gasteiger partial charge in [0.25, 0.3) is 6.43 Å². The van der Waals surface area contributed by atoms with Crippen LogP contribution in [0.1, 0.15) is 35.0 Å². The molecule has 6 heteroatoms. The second-order valence-electron chi connectivity index (χ2n) is 5.52. The van der Waals surface area contributed by atoms with Crippen LogP contribution in [0.25, 0.3) is 0 Å². The molecule has 0 bridgehead atoms. The van der Waals surface area contributed by atoms with E-state index in [1.165, 1.54) is 12.1 Å². The monoisotopic (exact) mass is 360 g/mol. The zero-order valence-corrected chi connectivity index (χ0v) is 13.6. The molecule has 1 aliphatic carbocycles. The summed E-state index contributed by atoms with van der Waals surface area (Å²) >= 11 is 12.6. The number of alkyl halides is 4. The molecule has 0 aliphatic heterocycles. The number of benzene rings is 2. The molecule has 1 aliphatic rings. The van der Waals surface area contributed by atoms with E-state index in [0.717, 1.165) is 11.6 Å². The van der Waals surface area contributed by atoms with Crippen molar-refractivity contribution in [1.82, 2.24) is 0 Å². The molecule has 23 heavy (non-hydrogen) atoms. The molecule has 0 unspecified atom stereocenters. The van der Waals surface area contributed by atoms with Crippen molar-refractivity contribution in [2.45, 2.75) is 22.6 Å². The Morgan fingerprint density at radius 2 is 1.61 bits per heavy atom. The number of ether oxygens (including phenoxy) is 1. The molecule has 0 radical (unpaired) electrons. The Labute approximate surface area is 142 Å². The zero-order chi connectivity index (χ0) is 16.8. The predicted molar refractivity (Wildman–Crippen MR) is 84.3 cm³/mol. The second-order valence-corrected chi connectivity index (χ2v) is 6.97. The average molecular weight is 361 g/mol. The molecule has 0 spiro atoms. The molecule has 1 saturated carbocycles. The van der Waals surface area contributed by atoms with Gasteiger partial charge >= 0.3 is 0 Å². The molecule has 2 aromatic rings. The Bertz CT molecular complexity index is 716. The third-order valence-electron chi connectivity index (χ3n) is 4.08. The van der Waals surface area contributed by atoms with Crippen LogP contribution in [0, 0.1) is 5.82 Å². The molecular formula is C17H13Cl2F3O. The van der Waals surface area contributed by atoms with E-state index in [9.17, 15) is 13.2 Å². The lowest BCUT2D eigenvalue weighted by Crippen LogP contribution is -1.94. The van der Waals surface area contributed by atoms with E-state index in [-0.39, 0.29) is 11.5 Å². The largest absolute Gasteiger partial charge is 0.497 e. The fraction of sp³-hybridized carbons (Fsp3) is 0.294. The van der Waals surface area contributed by atoms with Gasteiger partial charge in [0.15, 0.2) is 0 Å². The number of hydrogen-bond acceptors (Lipinski definition) is 1. The maximum Gasteiger partial charge on any atom is 0.263 e. The minimum Gasteiger partial charge on any atom is -0.497 e. The van der Waals surface area contributed by atoms with Crippen LogP contribution in [-0.4, -0.2) is 11.4 Å². The van der Waals surface area contributed by atoms with Gasteiger partial charge in [0.05, 0.1) is 7.11 Å². The first-order valence-corrected chi connectivity index (χ1v) is 7.70. The molecule has 0 heterocycles. The van der Waals surface area contributed by atoms with Gasteiger partial charge in [0, 0.05) is 17.4 Å². The third-order valence-corrected chi connectivity index (χ3v) is 5.02. The standard InChI is InChI=1S/C17H13Cl2F3O/c1-23-13-4-2-9(3-5-13)14-15(17(14,18)19)10-6-11(16(21)22)8-12(20)7-10/h2-8,14-16H,1H3/t14-,15-/m1/s1. The van der Waals surface area contributed by atoms with Crippen molar-refractivity contribution in [1.29, 1.82) is 0 Å². The average Bonchev–Trinajstić information content (AvgIpc) is 3.09. The number of rotatable bonds is 4. The second kappa shape index (κ2) is 5.91. The fourth-order valence-corrected chi connectivity index (χ4v) is 3.79.